The molecule has 0 unspecified atom stereocenters. The lowest BCUT2D eigenvalue weighted by Crippen LogP contribution is -2.26. The van der Waals surface area contributed by atoms with Crippen LogP contribution in [0.2, 0.25) is 0 Å². The van der Waals surface area contributed by atoms with Gasteiger partial charge in [0.15, 0.2) is 0 Å². The van der Waals surface area contributed by atoms with Crippen LogP contribution in [-0.4, -0.2) is 33.5 Å². The van der Waals surface area contributed by atoms with Crippen LogP contribution in [0, 0.1) is 6.92 Å². The number of aryl methyl sites for hydroxylation is 1. The van der Waals surface area contributed by atoms with Gasteiger partial charge in [0.1, 0.15) is 0 Å². The van der Waals surface area contributed by atoms with E-state index in [9.17, 15) is 8.42 Å². The first kappa shape index (κ1) is 19.4. The number of nitrogens with zero attached hydrogens (tertiary/aromatic N) is 1. The number of nitrogens with one attached hydrogen (secondary N) is 1. The SMILES string of the molecule is Cc1ccc(/C=C/S(=O)(=O)NCCCN(C)Cc2ccccc2)cc1. The molecule has 2 aromatic carbocycles. The maximum Gasteiger partial charge on any atom is 0.233 e. The van der Waals surface area contributed by atoms with E-state index in [1.807, 2.05) is 56.4 Å². The maximum atomic E-state index is 12.0. The van der Waals surface area contributed by atoms with Crippen molar-refractivity contribution in [1.82, 2.24) is 9.62 Å². The van der Waals surface area contributed by atoms with Crippen LogP contribution >= 0.6 is 0 Å². The molecular formula is C20H26N2O2S. The van der Waals surface area contributed by atoms with Crippen molar-refractivity contribution in [2.45, 2.75) is 19.9 Å². The van der Waals surface area contributed by atoms with Crippen LogP contribution in [0.4, 0.5) is 0 Å². The smallest absolute Gasteiger partial charge is 0.233 e. The summed E-state index contributed by atoms with van der Waals surface area (Å²) in [6.45, 7) is 4.13. The maximum absolute atomic E-state index is 12.0. The van der Waals surface area contributed by atoms with Crippen molar-refractivity contribution in [3.8, 4) is 0 Å². The van der Waals surface area contributed by atoms with Crippen molar-refractivity contribution in [3.05, 3.63) is 76.7 Å². The Morgan fingerprint density at radius 2 is 1.72 bits per heavy atom. The second-order valence-corrected chi connectivity index (χ2v) is 7.88. The van der Waals surface area contributed by atoms with E-state index >= 15 is 0 Å². The minimum atomic E-state index is -3.40. The first-order valence-corrected chi connectivity index (χ1v) is 9.96. The van der Waals surface area contributed by atoms with Crippen molar-refractivity contribution >= 4 is 16.1 Å². The summed E-state index contributed by atoms with van der Waals surface area (Å²) in [6, 6.07) is 18.0. The molecule has 0 saturated heterocycles. The van der Waals surface area contributed by atoms with E-state index in [0.717, 1.165) is 30.6 Å². The Bertz CT molecular complexity index is 769. The Morgan fingerprint density at radius 3 is 2.40 bits per heavy atom. The lowest BCUT2D eigenvalue weighted by Gasteiger charge is -2.16. The molecule has 0 saturated carbocycles. The van der Waals surface area contributed by atoms with Crippen LogP contribution in [0.1, 0.15) is 23.1 Å². The second-order valence-electron chi connectivity index (χ2n) is 6.23. The number of hydrogen-bond acceptors (Lipinski definition) is 3. The van der Waals surface area contributed by atoms with E-state index < -0.39 is 10.0 Å². The van der Waals surface area contributed by atoms with Crippen molar-refractivity contribution in [2.75, 3.05) is 20.1 Å². The highest BCUT2D eigenvalue weighted by atomic mass is 32.2. The van der Waals surface area contributed by atoms with Gasteiger partial charge in [0.2, 0.25) is 10.0 Å². The number of sulfonamides is 1. The average Bonchev–Trinajstić information content (AvgIpc) is 2.59. The van der Waals surface area contributed by atoms with Crippen molar-refractivity contribution in [3.63, 3.8) is 0 Å². The third-order valence-electron chi connectivity index (χ3n) is 3.83. The Labute approximate surface area is 151 Å². The quantitative estimate of drug-likeness (QED) is 0.699. The van der Waals surface area contributed by atoms with Gasteiger partial charge in [-0.15, -0.1) is 0 Å². The standard InChI is InChI=1S/C20H26N2O2S/c1-18-9-11-19(12-10-18)13-16-25(23,24)21-14-6-15-22(2)17-20-7-4-3-5-8-20/h3-5,7-13,16,21H,6,14-15,17H2,1-2H3/b16-13+. The molecule has 0 atom stereocenters. The third-order valence-corrected chi connectivity index (χ3v) is 4.93. The van der Waals surface area contributed by atoms with Crippen LogP contribution in [-0.2, 0) is 16.6 Å². The Balaban J connectivity index is 1.71. The van der Waals surface area contributed by atoms with Gasteiger partial charge in [-0.1, -0.05) is 60.2 Å². The van der Waals surface area contributed by atoms with Gasteiger partial charge in [-0.25, -0.2) is 13.1 Å². The number of rotatable bonds is 9. The van der Waals surface area contributed by atoms with Crippen LogP contribution in [0.15, 0.2) is 60.0 Å². The largest absolute Gasteiger partial charge is 0.302 e. The van der Waals surface area contributed by atoms with Gasteiger partial charge in [-0.05, 0) is 44.1 Å². The van der Waals surface area contributed by atoms with Gasteiger partial charge < -0.3 is 4.90 Å². The molecule has 25 heavy (non-hydrogen) atoms. The van der Waals surface area contributed by atoms with E-state index in [1.165, 1.54) is 11.0 Å². The van der Waals surface area contributed by atoms with Crippen molar-refractivity contribution in [2.24, 2.45) is 0 Å². The molecule has 0 radical (unpaired) electrons. The fourth-order valence-corrected chi connectivity index (χ4v) is 3.29. The number of benzene rings is 2. The molecule has 0 aromatic heterocycles. The molecule has 0 spiro atoms. The van der Waals surface area contributed by atoms with Gasteiger partial charge in [0.25, 0.3) is 0 Å². The Kier molecular flexibility index (Phi) is 7.37. The third kappa shape index (κ3) is 7.65. The molecule has 0 aliphatic heterocycles. The summed E-state index contributed by atoms with van der Waals surface area (Å²) < 4.78 is 26.6. The Hall–Kier alpha value is -1.95. The second kappa shape index (κ2) is 9.51. The van der Waals surface area contributed by atoms with Crippen LogP contribution in [0.5, 0.6) is 0 Å². The van der Waals surface area contributed by atoms with Gasteiger partial charge in [-0.2, -0.15) is 0 Å². The fourth-order valence-electron chi connectivity index (χ4n) is 2.43. The summed E-state index contributed by atoms with van der Waals surface area (Å²) in [5, 5.41) is 1.23. The zero-order valence-electron chi connectivity index (χ0n) is 14.9. The minimum Gasteiger partial charge on any atom is -0.302 e. The van der Waals surface area contributed by atoms with Gasteiger partial charge >= 0.3 is 0 Å². The molecule has 4 nitrogen and oxygen atoms in total. The van der Waals surface area contributed by atoms with Gasteiger partial charge in [0, 0.05) is 18.5 Å². The van der Waals surface area contributed by atoms with E-state index in [-0.39, 0.29) is 0 Å². The van der Waals surface area contributed by atoms with Crippen molar-refractivity contribution < 1.29 is 8.42 Å². The predicted molar refractivity (Wildman–Crippen MR) is 105 cm³/mol. The van der Waals surface area contributed by atoms with E-state index in [1.54, 1.807) is 6.08 Å². The highest BCUT2D eigenvalue weighted by Crippen LogP contribution is 2.06. The molecule has 1 N–H and O–H groups in total. The van der Waals surface area contributed by atoms with Crippen molar-refractivity contribution in [1.29, 1.82) is 0 Å². The first-order valence-electron chi connectivity index (χ1n) is 8.41. The lowest BCUT2D eigenvalue weighted by molar-refractivity contribution is 0.322. The van der Waals surface area contributed by atoms with Crippen LogP contribution in [0.3, 0.4) is 0 Å². The highest BCUT2D eigenvalue weighted by Gasteiger charge is 2.05. The van der Waals surface area contributed by atoms with E-state index in [2.05, 4.69) is 21.8 Å². The number of hydrogen-bond donors (Lipinski definition) is 1. The molecule has 0 heterocycles. The molecule has 0 aliphatic rings. The summed E-state index contributed by atoms with van der Waals surface area (Å²) in [5.74, 6) is 0. The molecule has 0 aliphatic carbocycles. The van der Waals surface area contributed by atoms with Gasteiger partial charge in [-0.3, -0.25) is 0 Å². The fraction of sp³-hybridized carbons (Fsp3) is 0.300. The zero-order valence-corrected chi connectivity index (χ0v) is 15.7. The zero-order chi connectivity index (χ0) is 18.1. The molecule has 0 amide bonds. The topological polar surface area (TPSA) is 49.4 Å². The molecular weight excluding hydrogens is 332 g/mol. The molecule has 134 valence electrons. The Morgan fingerprint density at radius 1 is 1.04 bits per heavy atom. The summed E-state index contributed by atoms with van der Waals surface area (Å²) >= 11 is 0. The molecule has 5 heteroatoms. The summed E-state index contributed by atoms with van der Waals surface area (Å²) in [6.07, 6.45) is 2.38. The molecule has 0 fully saturated rings. The van der Waals surface area contributed by atoms with E-state index in [0.29, 0.717) is 6.54 Å². The minimum absolute atomic E-state index is 0.430. The average molecular weight is 359 g/mol. The first-order chi connectivity index (χ1) is 11.9. The normalized spacial score (nSPS) is 12.1. The molecule has 0 bridgehead atoms. The van der Waals surface area contributed by atoms with Crippen LogP contribution in [0.25, 0.3) is 6.08 Å². The summed E-state index contributed by atoms with van der Waals surface area (Å²) in [7, 11) is -1.36. The monoisotopic (exact) mass is 358 g/mol. The van der Waals surface area contributed by atoms with Gasteiger partial charge in [0.05, 0.1) is 0 Å². The molecule has 2 rings (SSSR count). The van der Waals surface area contributed by atoms with E-state index in [4.69, 9.17) is 0 Å². The lowest BCUT2D eigenvalue weighted by atomic mass is 10.2. The highest BCUT2D eigenvalue weighted by molar-refractivity contribution is 7.92. The predicted octanol–water partition coefficient (Wildman–Crippen LogP) is 3.41. The molecule has 2 aromatic rings. The summed E-state index contributed by atoms with van der Waals surface area (Å²) in [5.41, 5.74) is 3.28. The van der Waals surface area contributed by atoms with Crippen LogP contribution < -0.4 is 4.72 Å². The summed E-state index contributed by atoms with van der Waals surface area (Å²) in [4.78, 5) is 2.19.